The Balaban J connectivity index is 1.75. The Hall–Kier alpha value is -2.33. The molecular weight excluding hydrogens is 290 g/mol. The molecule has 1 unspecified atom stereocenters. The highest BCUT2D eigenvalue weighted by atomic mass is 16.5. The van der Waals surface area contributed by atoms with Crippen LogP contribution < -0.4 is 10.1 Å². The minimum Gasteiger partial charge on any atom is -0.494 e. The van der Waals surface area contributed by atoms with E-state index in [1.165, 1.54) is 0 Å². The van der Waals surface area contributed by atoms with Crippen molar-refractivity contribution >= 4 is 5.91 Å². The van der Waals surface area contributed by atoms with Gasteiger partial charge < -0.3 is 14.8 Å². The lowest BCUT2D eigenvalue weighted by atomic mass is 10.1. The van der Waals surface area contributed by atoms with Gasteiger partial charge in [-0.1, -0.05) is 42.5 Å². The van der Waals surface area contributed by atoms with Crippen molar-refractivity contribution in [3.05, 3.63) is 65.7 Å². The predicted molar refractivity (Wildman–Crippen MR) is 90.3 cm³/mol. The number of hydrogen-bond acceptors (Lipinski definition) is 3. The molecule has 2 rings (SSSR count). The maximum Gasteiger partial charge on any atom is 0.246 e. The van der Waals surface area contributed by atoms with Gasteiger partial charge in [0.25, 0.3) is 0 Å². The number of benzene rings is 2. The molecular formula is C19H23NO3. The van der Waals surface area contributed by atoms with Gasteiger partial charge in [-0.25, -0.2) is 0 Å². The molecule has 122 valence electrons. The molecule has 0 aliphatic rings. The van der Waals surface area contributed by atoms with E-state index < -0.39 is 0 Å². The van der Waals surface area contributed by atoms with E-state index in [9.17, 15) is 4.79 Å². The van der Waals surface area contributed by atoms with Crippen LogP contribution in [0.15, 0.2) is 54.6 Å². The molecule has 4 heteroatoms. The molecule has 0 aromatic heterocycles. The monoisotopic (exact) mass is 313 g/mol. The summed E-state index contributed by atoms with van der Waals surface area (Å²) in [6.07, 6.45) is 0. The second-order valence-electron chi connectivity index (χ2n) is 5.27. The molecule has 0 aliphatic carbocycles. The van der Waals surface area contributed by atoms with Crippen molar-refractivity contribution in [2.24, 2.45) is 0 Å². The first-order valence-electron chi connectivity index (χ1n) is 7.83. The third-order valence-electron chi connectivity index (χ3n) is 3.41. The SMILES string of the molecule is CCOc1ccc(C(C)NC(=O)COCc2ccccc2)cc1. The van der Waals surface area contributed by atoms with E-state index in [4.69, 9.17) is 9.47 Å². The zero-order valence-electron chi connectivity index (χ0n) is 13.6. The molecule has 0 aliphatic heterocycles. The van der Waals surface area contributed by atoms with Crippen LogP contribution in [0.2, 0.25) is 0 Å². The predicted octanol–water partition coefficient (Wildman–Crippen LogP) is 3.48. The average Bonchev–Trinajstić information content (AvgIpc) is 2.57. The summed E-state index contributed by atoms with van der Waals surface area (Å²) in [4.78, 5) is 11.9. The minimum atomic E-state index is -0.123. The van der Waals surface area contributed by atoms with Crippen molar-refractivity contribution in [1.29, 1.82) is 0 Å². The summed E-state index contributed by atoms with van der Waals surface area (Å²) < 4.78 is 10.8. The number of ether oxygens (including phenoxy) is 2. The molecule has 0 radical (unpaired) electrons. The lowest BCUT2D eigenvalue weighted by Crippen LogP contribution is -2.30. The van der Waals surface area contributed by atoms with Crippen molar-refractivity contribution in [3.63, 3.8) is 0 Å². The third-order valence-corrected chi connectivity index (χ3v) is 3.41. The topological polar surface area (TPSA) is 47.6 Å². The van der Waals surface area contributed by atoms with Crippen molar-refractivity contribution in [1.82, 2.24) is 5.32 Å². The van der Waals surface area contributed by atoms with E-state index in [0.29, 0.717) is 13.2 Å². The molecule has 2 aromatic carbocycles. The largest absolute Gasteiger partial charge is 0.494 e. The number of carbonyl (C=O) groups excluding carboxylic acids is 1. The number of carbonyl (C=O) groups is 1. The van der Waals surface area contributed by atoms with Gasteiger partial charge in [0.1, 0.15) is 12.4 Å². The summed E-state index contributed by atoms with van der Waals surface area (Å²) in [5.74, 6) is 0.711. The Bertz CT molecular complexity index is 596. The Morgan fingerprint density at radius 2 is 1.78 bits per heavy atom. The first-order chi connectivity index (χ1) is 11.2. The zero-order chi connectivity index (χ0) is 16.5. The molecule has 1 atom stereocenters. The van der Waals surface area contributed by atoms with Crippen molar-refractivity contribution in [2.75, 3.05) is 13.2 Å². The van der Waals surface area contributed by atoms with Crippen molar-refractivity contribution in [3.8, 4) is 5.75 Å². The summed E-state index contributed by atoms with van der Waals surface area (Å²) in [7, 11) is 0. The van der Waals surface area contributed by atoms with Gasteiger partial charge in [-0.2, -0.15) is 0 Å². The van der Waals surface area contributed by atoms with Gasteiger partial charge in [0.15, 0.2) is 0 Å². The second kappa shape index (κ2) is 8.96. The van der Waals surface area contributed by atoms with Crippen LogP contribution in [0.4, 0.5) is 0 Å². The van der Waals surface area contributed by atoms with E-state index in [2.05, 4.69) is 5.32 Å². The summed E-state index contributed by atoms with van der Waals surface area (Å²) in [6.45, 7) is 5.03. The van der Waals surface area contributed by atoms with E-state index in [1.807, 2.05) is 68.4 Å². The van der Waals surface area contributed by atoms with E-state index in [1.54, 1.807) is 0 Å². The van der Waals surface area contributed by atoms with Crippen molar-refractivity contribution < 1.29 is 14.3 Å². The summed E-state index contributed by atoms with van der Waals surface area (Å²) >= 11 is 0. The number of nitrogens with one attached hydrogen (secondary N) is 1. The van der Waals surface area contributed by atoms with Crippen LogP contribution in [0.5, 0.6) is 5.75 Å². The quantitative estimate of drug-likeness (QED) is 0.811. The van der Waals surface area contributed by atoms with Crippen LogP contribution in [0.25, 0.3) is 0 Å². The summed E-state index contributed by atoms with van der Waals surface area (Å²) in [5, 5.41) is 2.93. The average molecular weight is 313 g/mol. The molecule has 1 N–H and O–H groups in total. The fourth-order valence-corrected chi connectivity index (χ4v) is 2.22. The lowest BCUT2D eigenvalue weighted by molar-refractivity contribution is -0.126. The molecule has 4 nitrogen and oxygen atoms in total. The Morgan fingerprint density at radius 3 is 2.43 bits per heavy atom. The van der Waals surface area contributed by atoms with Crippen LogP contribution in [-0.2, 0) is 16.1 Å². The fraction of sp³-hybridized carbons (Fsp3) is 0.316. The second-order valence-corrected chi connectivity index (χ2v) is 5.27. The fourth-order valence-electron chi connectivity index (χ4n) is 2.22. The van der Waals surface area contributed by atoms with Gasteiger partial charge in [-0.15, -0.1) is 0 Å². The highest BCUT2D eigenvalue weighted by Crippen LogP contribution is 2.17. The molecule has 0 saturated carbocycles. The number of hydrogen-bond donors (Lipinski definition) is 1. The molecule has 23 heavy (non-hydrogen) atoms. The van der Waals surface area contributed by atoms with Crippen molar-refractivity contribution in [2.45, 2.75) is 26.5 Å². The van der Waals surface area contributed by atoms with Crippen LogP contribution in [0, 0.1) is 0 Å². The summed E-state index contributed by atoms with van der Waals surface area (Å²) in [5.41, 5.74) is 2.09. The van der Waals surface area contributed by atoms with Crippen LogP contribution >= 0.6 is 0 Å². The van der Waals surface area contributed by atoms with Crippen LogP contribution in [-0.4, -0.2) is 19.1 Å². The van der Waals surface area contributed by atoms with Gasteiger partial charge in [-0.3, -0.25) is 4.79 Å². The molecule has 0 spiro atoms. The third kappa shape index (κ3) is 5.75. The maximum atomic E-state index is 11.9. The van der Waals surface area contributed by atoms with Gasteiger partial charge in [0, 0.05) is 0 Å². The minimum absolute atomic E-state index is 0.0518. The van der Waals surface area contributed by atoms with Gasteiger partial charge >= 0.3 is 0 Å². The van der Waals surface area contributed by atoms with E-state index in [0.717, 1.165) is 16.9 Å². The Labute approximate surface area is 137 Å². The molecule has 0 heterocycles. The maximum absolute atomic E-state index is 11.9. The van der Waals surface area contributed by atoms with Gasteiger partial charge in [0.2, 0.25) is 5.91 Å². The molecule has 2 aromatic rings. The van der Waals surface area contributed by atoms with E-state index in [-0.39, 0.29) is 18.6 Å². The normalized spacial score (nSPS) is 11.7. The smallest absolute Gasteiger partial charge is 0.246 e. The standard InChI is InChI=1S/C19H23NO3/c1-3-23-18-11-9-17(10-12-18)15(2)20-19(21)14-22-13-16-7-5-4-6-8-16/h4-12,15H,3,13-14H2,1-2H3,(H,20,21). The lowest BCUT2D eigenvalue weighted by Gasteiger charge is -2.15. The van der Waals surface area contributed by atoms with Crippen LogP contribution in [0.3, 0.4) is 0 Å². The highest BCUT2D eigenvalue weighted by molar-refractivity contribution is 5.77. The van der Waals surface area contributed by atoms with Crippen LogP contribution in [0.1, 0.15) is 31.0 Å². The van der Waals surface area contributed by atoms with Gasteiger partial charge in [-0.05, 0) is 37.1 Å². The highest BCUT2D eigenvalue weighted by Gasteiger charge is 2.09. The molecule has 0 fully saturated rings. The number of amides is 1. The Morgan fingerprint density at radius 1 is 1.09 bits per heavy atom. The first kappa shape index (κ1) is 17.0. The molecule has 0 bridgehead atoms. The van der Waals surface area contributed by atoms with Gasteiger partial charge in [0.05, 0.1) is 19.3 Å². The molecule has 1 amide bonds. The first-order valence-corrected chi connectivity index (χ1v) is 7.83. The molecule has 0 saturated heterocycles. The van der Waals surface area contributed by atoms with E-state index >= 15 is 0 Å². The summed E-state index contributed by atoms with van der Waals surface area (Å²) in [6, 6.07) is 17.5. The number of rotatable bonds is 8. The Kier molecular flexibility index (Phi) is 6.63. The zero-order valence-corrected chi connectivity index (χ0v) is 13.6.